The van der Waals surface area contributed by atoms with Crippen LogP contribution in [0, 0.1) is 0 Å². The van der Waals surface area contributed by atoms with Crippen LogP contribution in [0.25, 0.3) is 10.9 Å². The standard InChI is InChI=1S/C21H23ClN2O3/c1-21(2,27-16-6-4-15(22)5-7-16)20(25)23-11-10-14-13-24-19-9-8-17(26-3)12-18(14)19/h4-9,12-13,24H,10-11H2,1-3H3,(H,23,25). The van der Waals surface area contributed by atoms with Crippen LogP contribution in [0.2, 0.25) is 5.02 Å². The Kier molecular flexibility index (Phi) is 5.61. The van der Waals surface area contributed by atoms with Crippen LogP contribution in [-0.2, 0) is 11.2 Å². The Labute approximate surface area is 163 Å². The monoisotopic (exact) mass is 386 g/mol. The van der Waals surface area contributed by atoms with Crippen molar-refractivity contribution in [2.75, 3.05) is 13.7 Å². The molecule has 0 bridgehead atoms. The molecule has 1 heterocycles. The number of carbonyl (C=O) groups is 1. The van der Waals surface area contributed by atoms with E-state index < -0.39 is 5.60 Å². The van der Waals surface area contributed by atoms with Crippen LogP contribution in [0.3, 0.4) is 0 Å². The first kappa shape index (κ1) is 19.1. The molecule has 2 N–H and O–H groups in total. The number of rotatable bonds is 7. The van der Waals surface area contributed by atoms with Gasteiger partial charge in [-0.25, -0.2) is 0 Å². The summed E-state index contributed by atoms with van der Waals surface area (Å²) in [7, 11) is 1.65. The van der Waals surface area contributed by atoms with Crippen LogP contribution < -0.4 is 14.8 Å². The van der Waals surface area contributed by atoms with E-state index in [0.717, 1.165) is 22.2 Å². The molecule has 27 heavy (non-hydrogen) atoms. The Balaban J connectivity index is 1.59. The Morgan fingerprint density at radius 2 is 1.85 bits per heavy atom. The molecule has 0 saturated carbocycles. The van der Waals surface area contributed by atoms with Gasteiger partial charge in [-0.15, -0.1) is 0 Å². The molecule has 0 spiro atoms. The van der Waals surface area contributed by atoms with E-state index in [1.165, 1.54) is 0 Å². The number of ether oxygens (including phenoxy) is 2. The molecule has 0 atom stereocenters. The third-order valence-electron chi connectivity index (χ3n) is 4.39. The number of fused-ring (bicyclic) bond motifs is 1. The molecular formula is C21H23ClN2O3. The zero-order chi connectivity index (χ0) is 19.4. The number of nitrogens with one attached hydrogen (secondary N) is 2. The average Bonchev–Trinajstić information content (AvgIpc) is 3.05. The van der Waals surface area contributed by atoms with Crippen LogP contribution in [0.15, 0.2) is 48.7 Å². The van der Waals surface area contributed by atoms with E-state index in [-0.39, 0.29) is 5.91 Å². The molecule has 0 saturated heterocycles. The van der Waals surface area contributed by atoms with Crippen LogP contribution in [-0.4, -0.2) is 30.1 Å². The maximum atomic E-state index is 12.5. The van der Waals surface area contributed by atoms with Gasteiger partial charge >= 0.3 is 0 Å². The van der Waals surface area contributed by atoms with E-state index in [1.54, 1.807) is 45.2 Å². The molecule has 0 unspecified atom stereocenters. The van der Waals surface area contributed by atoms with E-state index in [9.17, 15) is 4.79 Å². The summed E-state index contributed by atoms with van der Waals surface area (Å²) in [6.45, 7) is 4.00. The highest BCUT2D eigenvalue weighted by Crippen LogP contribution is 2.24. The summed E-state index contributed by atoms with van der Waals surface area (Å²) >= 11 is 5.88. The fourth-order valence-electron chi connectivity index (χ4n) is 2.86. The van der Waals surface area contributed by atoms with Gasteiger partial charge in [0.25, 0.3) is 5.91 Å². The number of halogens is 1. The zero-order valence-electron chi connectivity index (χ0n) is 15.6. The number of aromatic amines is 1. The molecule has 1 amide bonds. The van der Waals surface area contributed by atoms with Crippen molar-refractivity contribution < 1.29 is 14.3 Å². The van der Waals surface area contributed by atoms with Crippen molar-refractivity contribution in [2.24, 2.45) is 0 Å². The molecule has 0 fully saturated rings. The van der Waals surface area contributed by atoms with E-state index in [4.69, 9.17) is 21.1 Å². The summed E-state index contributed by atoms with van der Waals surface area (Å²) in [5.41, 5.74) is 1.18. The fraction of sp³-hybridized carbons (Fsp3) is 0.286. The number of hydrogen-bond acceptors (Lipinski definition) is 3. The number of methoxy groups -OCH3 is 1. The van der Waals surface area contributed by atoms with Crippen molar-refractivity contribution in [3.8, 4) is 11.5 Å². The van der Waals surface area contributed by atoms with Crippen LogP contribution in [0.5, 0.6) is 11.5 Å². The minimum atomic E-state index is -0.989. The lowest BCUT2D eigenvalue weighted by atomic mass is 10.1. The van der Waals surface area contributed by atoms with E-state index in [0.29, 0.717) is 23.7 Å². The van der Waals surface area contributed by atoms with E-state index in [2.05, 4.69) is 10.3 Å². The van der Waals surface area contributed by atoms with Gasteiger partial charge < -0.3 is 19.8 Å². The number of amides is 1. The van der Waals surface area contributed by atoms with Gasteiger partial charge in [0.1, 0.15) is 11.5 Å². The van der Waals surface area contributed by atoms with Crippen LogP contribution >= 0.6 is 11.6 Å². The predicted octanol–water partition coefficient (Wildman–Crippen LogP) is 4.35. The second-order valence-corrected chi connectivity index (χ2v) is 7.23. The van der Waals surface area contributed by atoms with Gasteiger partial charge in [-0.3, -0.25) is 4.79 Å². The first-order valence-corrected chi connectivity index (χ1v) is 9.14. The molecule has 6 heteroatoms. The van der Waals surface area contributed by atoms with Gasteiger partial charge in [0.2, 0.25) is 0 Å². The molecule has 0 aliphatic rings. The predicted molar refractivity (Wildman–Crippen MR) is 108 cm³/mol. The summed E-state index contributed by atoms with van der Waals surface area (Å²) < 4.78 is 11.1. The first-order valence-electron chi connectivity index (χ1n) is 8.76. The molecule has 3 aromatic rings. The molecule has 0 aliphatic carbocycles. The molecular weight excluding hydrogens is 364 g/mol. The van der Waals surface area contributed by atoms with Crippen LogP contribution in [0.1, 0.15) is 19.4 Å². The minimum Gasteiger partial charge on any atom is -0.497 e. The van der Waals surface area contributed by atoms with Gasteiger partial charge in [-0.2, -0.15) is 0 Å². The van der Waals surface area contributed by atoms with Crippen molar-refractivity contribution in [3.05, 3.63) is 59.2 Å². The number of benzene rings is 2. The van der Waals surface area contributed by atoms with Crippen LogP contribution in [0.4, 0.5) is 0 Å². The second-order valence-electron chi connectivity index (χ2n) is 6.80. The van der Waals surface area contributed by atoms with Crippen molar-refractivity contribution in [1.82, 2.24) is 10.3 Å². The highest BCUT2D eigenvalue weighted by Gasteiger charge is 2.29. The zero-order valence-corrected chi connectivity index (χ0v) is 16.4. The molecule has 3 rings (SSSR count). The molecule has 1 aromatic heterocycles. The summed E-state index contributed by atoms with van der Waals surface area (Å²) in [5, 5.41) is 4.67. The van der Waals surface area contributed by atoms with E-state index >= 15 is 0 Å². The van der Waals surface area contributed by atoms with Crippen molar-refractivity contribution in [1.29, 1.82) is 0 Å². The molecule has 0 radical (unpaired) electrons. The molecule has 0 aliphatic heterocycles. The van der Waals surface area contributed by atoms with Gasteiger partial charge in [0.15, 0.2) is 5.60 Å². The summed E-state index contributed by atoms with van der Waals surface area (Å²) in [6.07, 6.45) is 2.67. The van der Waals surface area contributed by atoms with Gasteiger partial charge in [-0.05, 0) is 68.3 Å². The first-order chi connectivity index (χ1) is 12.9. The molecule has 2 aromatic carbocycles. The molecule has 142 valence electrons. The SMILES string of the molecule is COc1ccc2[nH]cc(CCNC(=O)C(C)(C)Oc3ccc(Cl)cc3)c2c1. The summed E-state index contributed by atoms with van der Waals surface area (Å²) in [5.74, 6) is 1.24. The Bertz CT molecular complexity index is 932. The maximum absolute atomic E-state index is 12.5. The van der Waals surface area contributed by atoms with Gasteiger partial charge in [0, 0.05) is 28.7 Å². The smallest absolute Gasteiger partial charge is 0.263 e. The van der Waals surface area contributed by atoms with Crippen molar-refractivity contribution >= 4 is 28.4 Å². The topological polar surface area (TPSA) is 63.3 Å². The summed E-state index contributed by atoms with van der Waals surface area (Å²) in [4.78, 5) is 15.8. The highest BCUT2D eigenvalue weighted by molar-refractivity contribution is 6.30. The quantitative estimate of drug-likeness (QED) is 0.634. The average molecular weight is 387 g/mol. The second kappa shape index (κ2) is 7.92. The Morgan fingerprint density at radius 3 is 2.56 bits per heavy atom. The number of carbonyl (C=O) groups excluding carboxylic acids is 1. The number of aromatic nitrogens is 1. The Hall–Kier alpha value is -2.66. The summed E-state index contributed by atoms with van der Waals surface area (Å²) in [6, 6.07) is 12.9. The fourth-order valence-corrected chi connectivity index (χ4v) is 2.98. The van der Waals surface area contributed by atoms with Gasteiger partial charge in [-0.1, -0.05) is 11.6 Å². The molecule has 5 nitrogen and oxygen atoms in total. The van der Waals surface area contributed by atoms with Crippen molar-refractivity contribution in [3.63, 3.8) is 0 Å². The lowest BCUT2D eigenvalue weighted by molar-refractivity contribution is -0.134. The number of H-pyrrole nitrogens is 1. The highest BCUT2D eigenvalue weighted by atomic mass is 35.5. The normalized spacial score (nSPS) is 11.4. The Morgan fingerprint density at radius 1 is 1.15 bits per heavy atom. The van der Waals surface area contributed by atoms with Gasteiger partial charge in [0.05, 0.1) is 7.11 Å². The maximum Gasteiger partial charge on any atom is 0.263 e. The lowest BCUT2D eigenvalue weighted by Gasteiger charge is -2.25. The lowest BCUT2D eigenvalue weighted by Crippen LogP contribution is -2.47. The van der Waals surface area contributed by atoms with Crippen molar-refractivity contribution in [2.45, 2.75) is 25.9 Å². The third-order valence-corrected chi connectivity index (χ3v) is 4.64. The van der Waals surface area contributed by atoms with E-state index in [1.807, 2.05) is 24.4 Å². The largest absolute Gasteiger partial charge is 0.497 e. The number of hydrogen-bond donors (Lipinski definition) is 2. The third kappa shape index (κ3) is 4.55. The minimum absolute atomic E-state index is 0.171.